The molecule has 0 bridgehead atoms. The van der Waals surface area contributed by atoms with Crippen LogP contribution in [0.5, 0.6) is 23.0 Å². The summed E-state index contributed by atoms with van der Waals surface area (Å²) in [6.07, 6.45) is 5.76. The molecule has 0 atom stereocenters. The first-order valence-electron chi connectivity index (χ1n) is 18.4. The number of para-hydroxylation sites is 4. The van der Waals surface area contributed by atoms with E-state index in [1.807, 2.05) is 0 Å². The first-order valence-corrected chi connectivity index (χ1v) is 17.9. The summed E-state index contributed by atoms with van der Waals surface area (Å²) in [6.45, 7) is 14.8. The van der Waals surface area contributed by atoms with Crippen LogP contribution in [-0.2, 0) is 14.4 Å². The van der Waals surface area contributed by atoms with E-state index in [1.54, 1.807) is 129 Å². The van der Waals surface area contributed by atoms with Gasteiger partial charge in [-0.1, -0.05) is 117 Å². The van der Waals surface area contributed by atoms with E-state index >= 15 is 4.39 Å². The van der Waals surface area contributed by atoms with Crippen LogP contribution < -0.4 is 9.47 Å². The van der Waals surface area contributed by atoms with Crippen LogP contribution in [0.25, 0.3) is 44.5 Å². The Morgan fingerprint density at radius 3 is 1.27 bits per heavy atom. The van der Waals surface area contributed by atoms with Crippen LogP contribution in [0.1, 0.15) is 22.1 Å². The summed E-state index contributed by atoms with van der Waals surface area (Å²) >= 11 is 0. The van der Waals surface area contributed by atoms with Gasteiger partial charge in [-0.15, -0.1) is 12.8 Å². The van der Waals surface area contributed by atoms with E-state index in [0.29, 0.717) is 44.7 Å². The highest BCUT2D eigenvalue weighted by molar-refractivity contribution is 5.91. The van der Waals surface area contributed by atoms with Crippen LogP contribution in [0.4, 0.5) is 8.78 Å². The number of terminal acetylenes is 1. The molecule has 0 aliphatic heterocycles. The molecular formula is C50H42F2O8. The number of carboxylic acid groups (broad SMARTS) is 1. The summed E-state index contributed by atoms with van der Waals surface area (Å²) in [5, 5.41) is 27.5. The lowest BCUT2D eigenvalue weighted by Crippen LogP contribution is -2.09. The van der Waals surface area contributed by atoms with Crippen LogP contribution in [0.15, 0.2) is 170 Å². The van der Waals surface area contributed by atoms with E-state index in [1.165, 1.54) is 31.5 Å². The van der Waals surface area contributed by atoms with Gasteiger partial charge in [-0.2, -0.15) is 0 Å². The van der Waals surface area contributed by atoms with Crippen LogP contribution in [0.2, 0.25) is 0 Å². The van der Waals surface area contributed by atoms with E-state index in [2.05, 4.69) is 26.2 Å². The maximum atomic E-state index is 15.1. The highest BCUT2D eigenvalue weighted by atomic mass is 19.1. The quantitative estimate of drug-likeness (QED) is 0.0569. The number of rotatable bonds is 9. The number of carbonyl (C=O) groups is 3. The fourth-order valence-corrected chi connectivity index (χ4v) is 5.17. The molecule has 3 N–H and O–H groups in total. The van der Waals surface area contributed by atoms with Gasteiger partial charge < -0.3 is 24.8 Å². The number of halogens is 2. The second-order valence-electron chi connectivity index (χ2n) is 12.8. The Balaban J connectivity index is 0.000000284. The van der Waals surface area contributed by atoms with Gasteiger partial charge in [0, 0.05) is 50.1 Å². The van der Waals surface area contributed by atoms with E-state index in [4.69, 9.17) is 16.0 Å². The van der Waals surface area contributed by atoms with Crippen molar-refractivity contribution >= 4 is 17.9 Å². The number of carbonyl (C=O) groups excluding carboxylic acids is 2. The Morgan fingerprint density at radius 1 is 0.533 bits per heavy atom. The molecular weight excluding hydrogens is 767 g/mol. The monoisotopic (exact) mass is 809 g/mol. The van der Waals surface area contributed by atoms with Gasteiger partial charge in [0.25, 0.3) is 0 Å². The number of phenols is 2. The van der Waals surface area contributed by atoms with Crippen LogP contribution in [-0.4, -0.2) is 33.2 Å². The molecule has 0 amide bonds. The number of ether oxygens (including phenoxy) is 2. The van der Waals surface area contributed by atoms with Gasteiger partial charge in [0.1, 0.15) is 36.0 Å². The van der Waals surface area contributed by atoms with Crippen molar-refractivity contribution < 1.29 is 49.3 Å². The van der Waals surface area contributed by atoms with Crippen molar-refractivity contribution in [1.82, 2.24) is 0 Å². The zero-order valence-corrected chi connectivity index (χ0v) is 33.0. The highest BCUT2D eigenvalue weighted by Crippen LogP contribution is 2.37. The predicted molar refractivity (Wildman–Crippen MR) is 231 cm³/mol. The van der Waals surface area contributed by atoms with Gasteiger partial charge in [0.15, 0.2) is 0 Å². The molecule has 0 aliphatic carbocycles. The molecule has 0 fully saturated rings. The molecule has 6 aromatic rings. The third kappa shape index (κ3) is 12.5. The fourth-order valence-electron chi connectivity index (χ4n) is 5.17. The maximum absolute atomic E-state index is 15.1. The minimum absolute atomic E-state index is 0.0340. The average molecular weight is 810 g/mol. The summed E-state index contributed by atoms with van der Waals surface area (Å²) in [4.78, 5) is 33.5. The van der Waals surface area contributed by atoms with Gasteiger partial charge in [0.2, 0.25) is 0 Å². The lowest BCUT2D eigenvalue weighted by atomic mass is 9.98. The van der Waals surface area contributed by atoms with Gasteiger partial charge in [-0.05, 0) is 68.3 Å². The average Bonchev–Trinajstić information content (AvgIpc) is 3.22. The molecule has 60 heavy (non-hydrogen) atoms. The second-order valence-corrected chi connectivity index (χ2v) is 12.8. The zero-order valence-electron chi connectivity index (χ0n) is 34.0. The van der Waals surface area contributed by atoms with Crippen molar-refractivity contribution in [1.29, 1.82) is 0 Å². The molecule has 6 aromatic carbocycles. The molecule has 304 valence electrons. The number of aromatic hydroxyl groups is 2. The molecule has 10 heteroatoms. The minimum Gasteiger partial charge on any atom is -0.507 e. The second kappa shape index (κ2) is 22.1. The van der Waals surface area contributed by atoms with Crippen LogP contribution >= 0.6 is 0 Å². The van der Waals surface area contributed by atoms with Crippen molar-refractivity contribution in [2.75, 3.05) is 0 Å². The van der Waals surface area contributed by atoms with Crippen LogP contribution in [0.3, 0.4) is 0 Å². The van der Waals surface area contributed by atoms with Gasteiger partial charge in [0.05, 0.1) is 0 Å². The van der Waals surface area contributed by atoms with Crippen LogP contribution in [0, 0.1) is 24.5 Å². The summed E-state index contributed by atoms with van der Waals surface area (Å²) in [7, 11) is 0. The Kier molecular flexibility index (Phi) is 16.4. The summed E-state index contributed by atoms with van der Waals surface area (Å²) < 4.78 is 45.9. The SMILES string of the molecule is C=C(C)C(=O)O.C=C(C)C(=O)Oc1ccccc1-c1ccc(-c2ccccc2OC(=O)C(=C)C)c(F)c1.Oc1ccccc1-c1ccc(-c2ccccc2O)c(F)c1.[2H]C#C. The molecule has 0 aromatic heterocycles. The molecule has 6 rings (SSSR count). The smallest absolute Gasteiger partial charge is 0.338 e. The van der Waals surface area contributed by atoms with Gasteiger partial charge in [-0.25, -0.2) is 23.2 Å². The Hall–Kier alpha value is -8.03. The van der Waals surface area contributed by atoms with E-state index in [0.717, 1.165) is 0 Å². The summed E-state index contributed by atoms with van der Waals surface area (Å²) in [5.74, 6) is -2.37. The molecule has 0 heterocycles. The first-order chi connectivity index (χ1) is 29.0. The number of hydrogen-bond donors (Lipinski definition) is 3. The van der Waals surface area contributed by atoms with E-state index in [9.17, 15) is 29.0 Å². The number of phenolic OH excluding ortho intramolecular Hbond substituents is 2. The largest absolute Gasteiger partial charge is 0.507 e. The third-order valence-corrected chi connectivity index (χ3v) is 8.19. The molecule has 0 saturated carbocycles. The predicted octanol–water partition coefficient (Wildman–Crippen LogP) is 11.6. The van der Waals surface area contributed by atoms with Gasteiger partial charge in [-0.3, -0.25) is 0 Å². The maximum Gasteiger partial charge on any atom is 0.338 e. The van der Waals surface area contributed by atoms with E-state index < -0.39 is 29.5 Å². The normalized spacial score (nSPS) is 9.90. The van der Waals surface area contributed by atoms with Gasteiger partial charge >= 0.3 is 17.9 Å². The highest BCUT2D eigenvalue weighted by Gasteiger charge is 2.17. The molecule has 0 saturated heterocycles. The molecule has 0 radical (unpaired) electrons. The first kappa shape index (κ1) is 44.7. The Bertz CT molecular complexity index is 2610. The number of carboxylic acids is 1. The zero-order chi connectivity index (χ0) is 45.2. The number of aliphatic carboxylic acids is 1. The topological polar surface area (TPSA) is 130 Å². The molecule has 0 aliphatic rings. The minimum atomic E-state index is -0.935. The third-order valence-electron chi connectivity index (χ3n) is 8.19. The lowest BCUT2D eigenvalue weighted by molar-refractivity contribution is -0.133. The molecule has 0 spiro atoms. The summed E-state index contributed by atoms with van der Waals surface area (Å²) in [5.41, 5.74) is 4.40. The molecule has 0 unspecified atom stereocenters. The summed E-state index contributed by atoms with van der Waals surface area (Å²) in [6, 6.07) is 36.3. The van der Waals surface area contributed by atoms with E-state index in [-0.39, 0.29) is 39.5 Å². The number of benzene rings is 6. The Morgan fingerprint density at radius 2 is 0.867 bits per heavy atom. The number of hydrogen-bond acceptors (Lipinski definition) is 7. The van der Waals surface area contributed by atoms with Crippen molar-refractivity contribution in [2.45, 2.75) is 20.8 Å². The fraction of sp³-hybridized carbons (Fsp3) is 0.0600. The Labute approximate surface area is 349 Å². The lowest BCUT2D eigenvalue weighted by Gasteiger charge is -2.13. The molecule has 8 nitrogen and oxygen atoms in total. The number of esters is 2. The van der Waals surface area contributed by atoms with Crippen molar-refractivity contribution in [3.8, 4) is 80.3 Å². The van der Waals surface area contributed by atoms with Crippen molar-refractivity contribution in [3.05, 3.63) is 182 Å². The standard InChI is InChI=1S/C26H21FO4.C18H13FO2.C4H6O2.C2H2/c1-16(2)25(28)30-23-11-7-5-9-19(23)18-13-14-20(22(27)15-18)21-10-6-8-12-24(21)31-26(29)17(3)4;19-16-11-12(13-5-1-3-7-17(13)20)9-10-14(16)15-6-2-4-8-18(15)21;1-3(2)4(5)6;1-2/h5-15H,1,3H2,2,4H3;1-11,20-21H;1H2,2H3,(H,5,6);1-2H/i;;;1D. The van der Waals surface area contributed by atoms with Crippen molar-refractivity contribution in [2.24, 2.45) is 0 Å². The van der Waals surface area contributed by atoms with Crippen molar-refractivity contribution in [3.63, 3.8) is 0 Å².